The topological polar surface area (TPSA) is 270 Å². The molecule has 0 aliphatic rings. The number of benzene rings is 3. The fourth-order valence-electron chi connectivity index (χ4n) is 5.02. The van der Waals surface area contributed by atoms with Gasteiger partial charge in [-0.1, -0.05) is 91.0 Å². The maximum absolute atomic E-state index is 13.6. The van der Waals surface area contributed by atoms with Gasteiger partial charge in [0.15, 0.2) is 0 Å². The largest absolute Gasteiger partial charge is 0.480 e. The van der Waals surface area contributed by atoms with E-state index in [-0.39, 0.29) is 19.3 Å². The minimum Gasteiger partial charge on any atom is -0.480 e. The molecule has 6 atom stereocenters. The smallest absolute Gasteiger partial charge is 0.328 e. The molecule has 0 aliphatic heterocycles. The summed E-state index contributed by atoms with van der Waals surface area (Å²) in [6, 6.07) is 17.2. The van der Waals surface area contributed by atoms with Crippen LogP contribution in [0.5, 0.6) is 0 Å². The van der Waals surface area contributed by atoms with Crippen LogP contribution in [0.2, 0.25) is 0 Å². The number of amides is 5. The number of carboxylic acid groups (broad SMARTS) is 1. The van der Waals surface area contributed by atoms with Gasteiger partial charge in [-0.3, -0.25) is 24.0 Å². The molecule has 0 bridgehead atoms. The van der Waals surface area contributed by atoms with E-state index in [4.69, 9.17) is 5.73 Å². The minimum atomic E-state index is -1.66. The highest BCUT2D eigenvalue weighted by Crippen LogP contribution is 2.08. The lowest BCUT2D eigenvalue weighted by Crippen LogP contribution is -2.61. The highest BCUT2D eigenvalue weighted by molar-refractivity contribution is 5.96. The molecular weight excluding hydrogens is 676 g/mol. The first-order valence-corrected chi connectivity index (χ1v) is 16.4. The summed E-state index contributed by atoms with van der Waals surface area (Å²) in [5.41, 5.74) is 7.99. The van der Waals surface area contributed by atoms with Gasteiger partial charge in [-0.2, -0.15) is 0 Å². The van der Waals surface area contributed by atoms with Crippen LogP contribution >= 0.6 is 0 Å². The van der Waals surface area contributed by atoms with Gasteiger partial charge in [0.25, 0.3) is 0 Å². The van der Waals surface area contributed by atoms with E-state index in [9.17, 15) is 49.2 Å². The summed E-state index contributed by atoms with van der Waals surface area (Å²) in [6.07, 6.45) is -0.0572. The first-order chi connectivity index (χ1) is 24.9. The Morgan fingerprint density at radius 1 is 0.442 bits per heavy atom. The molecule has 3 aromatic carbocycles. The van der Waals surface area contributed by atoms with E-state index in [1.54, 1.807) is 91.0 Å². The van der Waals surface area contributed by atoms with E-state index in [0.29, 0.717) is 11.1 Å². The molecule has 3 rings (SSSR count). The summed E-state index contributed by atoms with van der Waals surface area (Å²) in [5.74, 6) is -6.05. The van der Waals surface area contributed by atoms with Gasteiger partial charge in [0, 0.05) is 12.8 Å². The van der Waals surface area contributed by atoms with Crippen LogP contribution in [0.3, 0.4) is 0 Å². The zero-order valence-electron chi connectivity index (χ0n) is 28.2. The number of nitrogens with one attached hydrogen (secondary N) is 5. The number of aliphatic carboxylic acids is 1. The first-order valence-electron chi connectivity index (χ1n) is 16.4. The molecule has 11 N–H and O–H groups in total. The quantitative estimate of drug-likeness (QED) is 0.0584. The highest BCUT2D eigenvalue weighted by Gasteiger charge is 2.33. The van der Waals surface area contributed by atoms with Crippen LogP contribution in [-0.4, -0.2) is 112 Å². The molecule has 278 valence electrons. The molecule has 16 nitrogen and oxygen atoms in total. The van der Waals surface area contributed by atoms with Gasteiger partial charge in [-0.25, -0.2) is 4.79 Å². The Bertz CT molecular complexity index is 1630. The zero-order chi connectivity index (χ0) is 38.0. The van der Waals surface area contributed by atoms with Crippen LogP contribution in [0.4, 0.5) is 0 Å². The Morgan fingerprint density at radius 3 is 1.08 bits per heavy atom. The van der Waals surface area contributed by atoms with Gasteiger partial charge in [-0.15, -0.1) is 0 Å². The highest BCUT2D eigenvalue weighted by atomic mass is 16.4. The molecule has 3 aromatic rings. The van der Waals surface area contributed by atoms with Crippen molar-refractivity contribution in [3.05, 3.63) is 108 Å². The molecular formula is C36H44N6O10. The number of aliphatic hydroxyl groups is 3. The molecule has 0 heterocycles. The van der Waals surface area contributed by atoms with Gasteiger partial charge < -0.3 is 52.7 Å². The number of carbonyl (C=O) groups excluding carboxylic acids is 5. The number of hydrogen-bond donors (Lipinski definition) is 10. The number of carboxylic acids is 1. The molecule has 0 saturated carbocycles. The van der Waals surface area contributed by atoms with Gasteiger partial charge in [-0.05, 0) is 23.1 Å². The Morgan fingerprint density at radius 2 is 0.731 bits per heavy atom. The fraction of sp³-hybridized carbons (Fsp3) is 0.333. The third-order valence-corrected chi connectivity index (χ3v) is 7.89. The van der Waals surface area contributed by atoms with Crippen molar-refractivity contribution in [1.29, 1.82) is 0 Å². The average Bonchev–Trinajstić information content (AvgIpc) is 3.15. The standard InChI is InChI=1S/C36H44N6O10/c37-25(16-22-10-4-1-5-11-22)31(46)40-28(19-43)34(49)38-26(17-23-12-6-2-7-13-23)32(47)41-29(20-44)35(50)39-27(18-24-14-8-3-9-15-24)33(48)42-30(21-45)36(51)52/h1-15,25-30,43-45H,16-21,37H2,(H,38,49)(H,39,50)(H,40,46)(H,41,47)(H,42,48)(H,51,52)/t25-,26-,27-,28-,29-,30-/m0/s1. The summed E-state index contributed by atoms with van der Waals surface area (Å²) in [7, 11) is 0. The molecule has 0 fully saturated rings. The predicted octanol–water partition coefficient (Wildman–Crippen LogP) is -2.47. The van der Waals surface area contributed by atoms with E-state index in [1.807, 2.05) is 0 Å². The van der Waals surface area contributed by atoms with Crippen molar-refractivity contribution in [3.8, 4) is 0 Å². The summed E-state index contributed by atoms with van der Waals surface area (Å²) in [6.45, 7) is -2.69. The summed E-state index contributed by atoms with van der Waals surface area (Å²) in [4.78, 5) is 77.6. The second kappa shape index (κ2) is 20.9. The van der Waals surface area contributed by atoms with Crippen molar-refractivity contribution >= 4 is 35.5 Å². The normalized spacial score (nSPS) is 14.3. The van der Waals surface area contributed by atoms with Crippen LogP contribution < -0.4 is 32.3 Å². The van der Waals surface area contributed by atoms with Gasteiger partial charge in [0.05, 0.1) is 25.9 Å². The van der Waals surface area contributed by atoms with E-state index in [0.717, 1.165) is 5.56 Å². The lowest BCUT2D eigenvalue weighted by atomic mass is 10.0. The summed E-state index contributed by atoms with van der Waals surface area (Å²) in [5, 5.41) is 50.5. The molecule has 0 unspecified atom stereocenters. The fourth-order valence-corrected chi connectivity index (χ4v) is 5.02. The van der Waals surface area contributed by atoms with Crippen LogP contribution in [-0.2, 0) is 48.0 Å². The maximum Gasteiger partial charge on any atom is 0.328 e. The third-order valence-electron chi connectivity index (χ3n) is 7.89. The lowest BCUT2D eigenvalue weighted by Gasteiger charge is -2.26. The SMILES string of the molecule is N[C@@H](Cc1ccccc1)C(=O)N[C@@H](CO)C(=O)N[C@@H](Cc1ccccc1)C(=O)N[C@@H](CO)C(=O)N[C@@H](Cc1ccccc1)C(=O)N[C@@H](CO)C(=O)O. The Labute approximate surface area is 299 Å². The van der Waals surface area contributed by atoms with E-state index in [2.05, 4.69) is 26.6 Å². The molecule has 0 spiro atoms. The molecule has 52 heavy (non-hydrogen) atoms. The van der Waals surface area contributed by atoms with E-state index >= 15 is 0 Å². The van der Waals surface area contributed by atoms with Crippen molar-refractivity contribution < 1.29 is 49.2 Å². The van der Waals surface area contributed by atoms with Gasteiger partial charge >= 0.3 is 5.97 Å². The molecule has 0 radical (unpaired) electrons. The van der Waals surface area contributed by atoms with Crippen molar-refractivity contribution in [2.45, 2.75) is 55.5 Å². The molecule has 16 heteroatoms. The molecule has 0 aliphatic carbocycles. The number of rotatable bonds is 20. The second-order valence-electron chi connectivity index (χ2n) is 11.9. The number of nitrogens with two attached hydrogens (primary N) is 1. The van der Waals surface area contributed by atoms with Crippen LogP contribution in [0.1, 0.15) is 16.7 Å². The molecule has 0 saturated heterocycles. The predicted molar refractivity (Wildman–Crippen MR) is 187 cm³/mol. The van der Waals surface area contributed by atoms with Gasteiger partial charge in [0.1, 0.15) is 30.2 Å². The number of aliphatic hydroxyl groups excluding tert-OH is 3. The zero-order valence-corrected chi connectivity index (χ0v) is 28.2. The van der Waals surface area contributed by atoms with E-state index < -0.39 is 91.6 Å². The number of hydrogen-bond acceptors (Lipinski definition) is 10. The minimum absolute atomic E-state index is 0.103. The lowest BCUT2D eigenvalue weighted by molar-refractivity contribution is -0.143. The summed E-state index contributed by atoms with van der Waals surface area (Å²) >= 11 is 0. The van der Waals surface area contributed by atoms with Crippen molar-refractivity contribution in [3.63, 3.8) is 0 Å². The van der Waals surface area contributed by atoms with Crippen LogP contribution in [0, 0.1) is 0 Å². The first kappa shape index (κ1) is 40.7. The van der Waals surface area contributed by atoms with Crippen LogP contribution in [0.15, 0.2) is 91.0 Å². The maximum atomic E-state index is 13.6. The van der Waals surface area contributed by atoms with E-state index in [1.165, 1.54) is 0 Å². The third kappa shape index (κ3) is 12.9. The van der Waals surface area contributed by atoms with Crippen LogP contribution in [0.25, 0.3) is 0 Å². The summed E-state index contributed by atoms with van der Waals surface area (Å²) < 4.78 is 0. The Kier molecular flexibility index (Phi) is 16.3. The number of carbonyl (C=O) groups is 6. The molecule has 0 aromatic heterocycles. The Balaban J connectivity index is 1.75. The van der Waals surface area contributed by atoms with Gasteiger partial charge in [0.2, 0.25) is 29.5 Å². The average molecular weight is 721 g/mol. The Hall–Kier alpha value is -5.68. The van der Waals surface area contributed by atoms with Crippen molar-refractivity contribution in [1.82, 2.24) is 26.6 Å². The second-order valence-corrected chi connectivity index (χ2v) is 11.9. The molecule has 5 amide bonds. The van der Waals surface area contributed by atoms with Crippen molar-refractivity contribution in [2.75, 3.05) is 19.8 Å². The monoisotopic (exact) mass is 720 g/mol. The van der Waals surface area contributed by atoms with Crippen molar-refractivity contribution in [2.24, 2.45) is 5.73 Å².